The van der Waals surface area contributed by atoms with Crippen molar-refractivity contribution in [1.82, 2.24) is 14.8 Å². The van der Waals surface area contributed by atoms with Crippen molar-refractivity contribution in [3.8, 4) is 11.4 Å². The summed E-state index contributed by atoms with van der Waals surface area (Å²) in [6.45, 7) is 1.99. The molecule has 0 saturated carbocycles. The van der Waals surface area contributed by atoms with Crippen molar-refractivity contribution in [3.05, 3.63) is 55.9 Å². The summed E-state index contributed by atoms with van der Waals surface area (Å²) in [5.41, 5.74) is 2.68. The number of thioether (sulfide) groups is 1. The number of hydrogen-bond acceptors (Lipinski definition) is 4. The van der Waals surface area contributed by atoms with E-state index in [-0.39, 0.29) is 11.7 Å². The average molecular weight is 531 g/mol. The molecule has 1 N–H and O–H groups in total. The monoisotopic (exact) mass is 528 g/mol. The van der Waals surface area contributed by atoms with Crippen molar-refractivity contribution in [3.63, 3.8) is 0 Å². The first-order valence-electron chi connectivity index (χ1n) is 7.89. The molecule has 27 heavy (non-hydrogen) atoms. The minimum Gasteiger partial charge on any atom is -0.323 e. The van der Waals surface area contributed by atoms with E-state index in [0.29, 0.717) is 21.7 Å². The predicted molar refractivity (Wildman–Crippen MR) is 117 cm³/mol. The molecule has 3 aromatic rings. The highest BCUT2D eigenvalue weighted by Gasteiger charge is 2.15. The topological polar surface area (TPSA) is 59.8 Å². The molecule has 0 unspecified atom stereocenters. The Morgan fingerprint density at radius 1 is 1.22 bits per heavy atom. The van der Waals surface area contributed by atoms with Gasteiger partial charge in [0.05, 0.1) is 11.4 Å². The van der Waals surface area contributed by atoms with Gasteiger partial charge in [0.15, 0.2) is 11.0 Å². The summed E-state index contributed by atoms with van der Waals surface area (Å²) in [5.74, 6) is 0.788. The zero-order valence-electron chi connectivity index (χ0n) is 14.5. The quantitative estimate of drug-likeness (QED) is 0.430. The molecular formula is C18H15Br2ClN4OS. The van der Waals surface area contributed by atoms with Crippen LogP contribution in [-0.4, -0.2) is 26.4 Å². The molecule has 0 spiro atoms. The van der Waals surface area contributed by atoms with Crippen molar-refractivity contribution in [2.75, 3.05) is 11.1 Å². The molecule has 0 aliphatic rings. The first kappa shape index (κ1) is 20.4. The fraction of sp³-hybridized carbons (Fsp3) is 0.167. The summed E-state index contributed by atoms with van der Waals surface area (Å²) >= 11 is 14.3. The van der Waals surface area contributed by atoms with Crippen LogP contribution in [0.1, 0.15) is 5.56 Å². The van der Waals surface area contributed by atoms with Gasteiger partial charge in [-0.1, -0.05) is 35.5 Å². The number of nitrogens with one attached hydrogen (secondary N) is 1. The Kier molecular flexibility index (Phi) is 6.62. The van der Waals surface area contributed by atoms with Crippen LogP contribution in [0.4, 0.5) is 5.69 Å². The summed E-state index contributed by atoms with van der Waals surface area (Å²) in [5, 5.41) is 12.6. The van der Waals surface area contributed by atoms with E-state index in [0.717, 1.165) is 20.1 Å². The molecule has 0 aliphatic heterocycles. The molecule has 9 heteroatoms. The van der Waals surface area contributed by atoms with E-state index in [1.54, 1.807) is 0 Å². The van der Waals surface area contributed by atoms with E-state index in [2.05, 4.69) is 47.4 Å². The Morgan fingerprint density at radius 2 is 1.93 bits per heavy atom. The van der Waals surface area contributed by atoms with Gasteiger partial charge in [-0.2, -0.15) is 0 Å². The second kappa shape index (κ2) is 8.77. The minimum atomic E-state index is -0.127. The molecule has 5 nitrogen and oxygen atoms in total. The van der Waals surface area contributed by atoms with E-state index < -0.39 is 0 Å². The Bertz CT molecular complexity index is 986. The average Bonchev–Trinajstić information content (AvgIpc) is 2.97. The van der Waals surface area contributed by atoms with Gasteiger partial charge in [-0.25, -0.2) is 0 Å². The number of carbonyl (C=O) groups is 1. The second-order valence-electron chi connectivity index (χ2n) is 5.82. The van der Waals surface area contributed by atoms with E-state index in [9.17, 15) is 4.79 Å². The molecule has 0 bridgehead atoms. The molecule has 0 saturated heterocycles. The Morgan fingerprint density at radius 3 is 2.59 bits per heavy atom. The Balaban J connectivity index is 1.68. The summed E-state index contributed by atoms with van der Waals surface area (Å²) in [6, 6.07) is 11.3. The largest absolute Gasteiger partial charge is 0.323 e. The van der Waals surface area contributed by atoms with Crippen LogP contribution >= 0.6 is 55.2 Å². The molecule has 0 aliphatic carbocycles. The number of amides is 1. The minimum absolute atomic E-state index is 0.127. The lowest BCUT2D eigenvalue weighted by molar-refractivity contribution is -0.113. The standard InChI is InChI=1S/C18H15Br2ClN4OS/c1-10-6-13(19)16(14(20)7-10)22-15(26)9-27-18-24-23-17(25(18)2)11-4-3-5-12(21)8-11/h3-8H,9H2,1-2H3,(H,22,26). The highest BCUT2D eigenvalue weighted by molar-refractivity contribution is 9.11. The van der Waals surface area contributed by atoms with Crippen molar-refractivity contribution in [2.24, 2.45) is 7.05 Å². The van der Waals surface area contributed by atoms with Crippen molar-refractivity contribution < 1.29 is 4.79 Å². The molecule has 0 fully saturated rings. The van der Waals surface area contributed by atoms with Crippen LogP contribution in [-0.2, 0) is 11.8 Å². The van der Waals surface area contributed by atoms with Gasteiger partial charge in [0, 0.05) is 26.6 Å². The van der Waals surface area contributed by atoms with Crippen molar-refractivity contribution >= 4 is 66.8 Å². The first-order chi connectivity index (χ1) is 12.8. The molecular weight excluding hydrogens is 516 g/mol. The summed E-state index contributed by atoms with van der Waals surface area (Å²) in [6.07, 6.45) is 0. The number of halogens is 3. The zero-order valence-corrected chi connectivity index (χ0v) is 19.2. The highest BCUT2D eigenvalue weighted by atomic mass is 79.9. The van der Waals surface area contributed by atoms with E-state index in [1.807, 2.05) is 54.9 Å². The van der Waals surface area contributed by atoms with Crippen LogP contribution < -0.4 is 5.32 Å². The SMILES string of the molecule is Cc1cc(Br)c(NC(=O)CSc2nnc(-c3cccc(Cl)c3)n2C)c(Br)c1. The van der Waals surface area contributed by atoms with E-state index >= 15 is 0 Å². The van der Waals surface area contributed by atoms with Gasteiger partial charge in [-0.05, 0) is 68.6 Å². The van der Waals surface area contributed by atoms with Gasteiger partial charge in [0.25, 0.3) is 0 Å². The van der Waals surface area contributed by atoms with Crippen LogP contribution in [0.3, 0.4) is 0 Å². The first-order valence-corrected chi connectivity index (χ1v) is 10.8. The second-order valence-corrected chi connectivity index (χ2v) is 8.90. The lowest BCUT2D eigenvalue weighted by Crippen LogP contribution is -2.15. The van der Waals surface area contributed by atoms with Gasteiger partial charge in [-0.15, -0.1) is 10.2 Å². The lowest BCUT2D eigenvalue weighted by atomic mass is 10.2. The predicted octanol–water partition coefficient (Wildman–Crippen LogP) is 5.70. The number of rotatable bonds is 5. The number of anilines is 1. The maximum Gasteiger partial charge on any atom is 0.234 e. The van der Waals surface area contributed by atoms with Gasteiger partial charge in [0.2, 0.25) is 5.91 Å². The van der Waals surface area contributed by atoms with E-state index in [4.69, 9.17) is 11.6 Å². The summed E-state index contributed by atoms with van der Waals surface area (Å²) < 4.78 is 3.51. The van der Waals surface area contributed by atoms with E-state index in [1.165, 1.54) is 11.8 Å². The third kappa shape index (κ3) is 4.93. The number of aromatic nitrogens is 3. The number of hydrogen-bond donors (Lipinski definition) is 1. The van der Waals surface area contributed by atoms with Gasteiger partial charge in [0.1, 0.15) is 0 Å². The van der Waals surface area contributed by atoms with Gasteiger partial charge >= 0.3 is 0 Å². The summed E-state index contributed by atoms with van der Waals surface area (Å²) in [4.78, 5) is 12.4. The zero-order chi connectivity index (χ0) is 19.6. The maximum atomic E-state index is 12.4. The molecule has 2 aromatic carbocycles. The number of carbonyl (C=O) groups excluding carboxylic acids is 1. The smallest absolute Gasteiger partial charge is 0.234 e. The molecule has 3 rings (SSSR count). The normalized spacial score (nSPS) is 10.9. The molecule has 0 radical (unpaired) electrons. The van der Waals surface area contributed by atoms with Crippen molar-refractivity contribution in [2.45, 2.75) is 12.1 Å². The summed E-state index contributed by atoms with van der Waals surface area (Å²) in [7, 11) is 1.86. The number of benzene rings is 2. The van der Waals surface area contributed by atoms with Crippen LogP contribution in [0.5, 0.6) is 0 Å². The van der Waals surface area contributed by atoms with Gasteiger partial charge < -0.3 is 9.88 Å². The number of aryl methyl sites for hydroxylation is 1. The van der Waals surface area contributed by atoms with Crippen LogP contribution in [0.25, 0.3) is 11.4 Å². The van der Waals surface area contributed by atoms with Crippen LogP contribution in [0, 0.1) is 6.92 Å². The Labute approximate surface area is 183 Å². The fourth-order valence-corrected chi connectivity index (χ4v) is 4.96. The molecule has 1 aromatic heterocycles. The van der Waals surface area contributed by atoms with Crippen molar-refractivity contribution in [1.29, 1.82) is 0 Å². The molecule has 1 amide bonds. The maximum absolute atomic E-state index is 12.4. The molecule has 1 heterocycles. The fourth-order valence-electron chi connectivity index (χ4n) is 2.44. The third-order valence-corrected chi connectivity index (χ3v) is 6.21. The Hall–Kier alpha value is -1.35. The van der Waals surface area contributed by atoms with Gasteiger partial charge in [-0.3, -0.25) is 4.79 Å². The molecule has 140 valence electrons. The van der Waals surface area contributed by atoms with Crippen LogP contribution in [0.15, 0.2) is 50.5 Å². The third-order valence-electron chi connectivity index (χ3n) is 3.70. The van der Waals surface area contributed by atoms with Crippen LogP contribution in [0.2, 0.25) is 5.02 Å². The number of nitrogens with zero attached hydrogens (tertiary/aromatic N) is 3. The highest BCUT2D eigenvalue weighted by Crippen LogP contribution is 2.32. The lowest BCUT2D eigenvalue weighted by Gasteiger charge is -2.10. The molecule has 0 atom stereocenters.